The highest BCUT2D eigenvalue weighted by Crippen LogP contribution is 2.17. The van der Waals surface area contributed by atoms with Crippen molar-refractivity contribution in [3.63, 3.8) is 0 Å². The van der Waals surface area contributed by atoms with E-state index in [0.717, 1.165) is 12.0 Å². The van der Waals surface area contributed by atoms with Gasteiger partial charge in [0.1, 0.15) is 0 Å². The Hall–Kier alpha value is -1.82. The van der Waals surface area contributed by atoms with Crippen LogP contribution in [0.1, 0.15) is 38.3 Å². The molecule has 0 atom stereocenters. The maximum absolute atomic E-state index is 11.6. The monoisotopic (exact) mass is 244 g/mol. The number of nitriles is 1. The van der Waals surface area contributed by atoms with E-state index in [1.54, 1.807) is 6.07 Å². The molecule has 0 aliphatic carbocycles. The largest absolute Gasteiger partial charge is 0.356 e. The van der Waals surface area contributed by atoms with Crippen LogP contribution in [-0.4, -0.2) is 12.5 Å². The molecule has 1 amide bonds. The number of benzene rings is 1. The van der Waals surface area contributed by atoms with E-state index >= 15 is 0 Å². The van der Waals surface area contributed by atoms with Crippen LogP contribution in [0.25, 0.3) is 0 Å². The molecule has 0 heterocycles. The SMILES string of the molecule is CC(C)(C)CC(=O)NCCc1cccc(C#N)c1. The number of amides is 1. The van der Waals surface area contributed by atoms with Crippen molar-refractivity contribution >= 4 is 5.91 Å². The van der Waals surface area contributed by atoms with Crippen LogP contribution in [0.2, 0.25) is 0 Å². The standard InChI is InChI=1S/C15H20N2O/c1-15(2,3)10-14(18)17-8-7-12-5-4-6-13(9-12)11-16/h4-6,9H,7-8,10H2,1-3H3,(H,17,18). The third-order valence-corrected chi connectivity index (χ3v) is 2.48. The van der Waals surface area contributed by atoms with E-state index in [4.69, 9.17) is 5.26 Å². The molecule has 0 aromatic heterocycles. The van der Waals surface area contributed by atoms with Gasteiger partial charge in [-0.2, -0.15) is 5.26 Å². The molecule has 18 heavy (non-hydrogen) atoms. The predicted octanol–water partition coefficient (Wildman–Crippen LogP) is 2.65. The smallest absolute Gasteiger partial charge is 0.220 e. The zero-order chi connectivity index (χ0) is 13.6. The first-order chi connectivity index (χ1) is 8.40. The quantitative estimate of drug-likeness (QED) is 0.885. The second kappa shape index (κ2) is 6.20. The van der Waals surface area contributed by atoms with Crippen molar-refractivity contribution in [1.29, 1.82) is 5.26 Å². The molecular weight excluding hydrogens is 224 g/mol. The Bertz CT molecular complexity index is 452. The first kappa shape index (κ1) is 14.2. The summed E-state index contributed by atoms with van der Waals surface area (Å²) in [6.45, 7) is 6.75. The zero-order valence-electron chi connectivity index (χ0n) is 11.3. The van der Waals surface area contributed by atoms with Gasteiger partial charge in [0.15, 0.2) is 0 Å². The van der Waals surface area contributed by atoms with Crippen molar-refractivity contribution in [2.75, 3.05) is 6.54 Å². The van der Waals surface area contributed by atoms with Crippen LogP contribution in [-0.2, 0) is 11.2 Å². The molecule has 0 aliphatic heterocycles. The van der Waals surface area contributed by atoms with Gasteiger partial charge in [0, 0.05) is 13.0 Å². The lowest BCUT2D eigenvalue weighted by Crippen LogP contribution is -2.29. The first-order valence-corrected chi connectivity index (χ1v) is 6.16. The van der Waals surface area contributed by atoms with Crippen LogP contribution < -0.4 is 5.32 Å². The summed E-state index contributed by atoms with van der Waals surface area (Å²) in [6.07, 6.45) is 1.29. The Labute approximate surface area is 109 Å². The van der Waals surface area contributed by atoms with Gasteiger partial charge in [0.05, 0.1) is 11.6 Å². The molecule has 0 unspecified atom stereocenters. The Morgan fingerprint density at radius 3 is 2.72 bits per heavy atom. The van der Waals surface area contributed by atoms with Gasteiger partial charge in [0.25, 0.3) is 0 Å². The second-order valence-electron chi connectivity index (χ2n) is 5.65. The van der Waals surface area contributed by atoms with Gasteiger partial charge in [-0.3, -0.25) is 4.79 Å². The van der Waals surface area contributed by atoms with E-state index in [1.165, 1.54) is 0 Å². The fourth-order valence-corrected chi connectivity index (χ4v) is 1.69. The maximum atomic E-state index is 11.6. The van der Waals surface area contributed by atoms with E-state index in [1.807, 2.05) is 39.0 Å². The molecule has 96 valence electrons. The van der Waals surface area contributed by atoms with E-state index in [2.05, 4.69) is 11.4 Å². The van der Waals surface area contributed by atoms with Gasteiger partial charge in [-0.1, -0.05) is 32.9 Å². The number of nitrogens with one attached hydrogen (secondary N) is 1. The number of hydrogen-bond acceptors (Lipinski definition) is 2. The van der Waals surface area contributed by atoms with E-state index in [-0.39, 0.29) is 11.3 Å². The third-order valence-electron chi connectivity index (χ3n) is 2.48. The van der Waals surface area contributed by atoms with Crippen LogP contribution in [0.5, 0.6) is 0 Å². The Kier molecular flexibility index (Phi) is 4.91. The minimum absolute atomic E-state index is 0.0187. The molecule has 1 aromatic carbocycles. The highest BCUT2D eigenvalue weighted by molar-refractivity contribution is 5.76. The maximum Gasteiger partial charge on any atom is 0.220 e. The summed E-state index contributed by atoms with van der Waals surface area (Å²) < 4.78 is 0. The van der Waals surface area contributed by atoms with Crippen LogP contribution in [0.3, 0.4) is 0 Å². The molecule has 0 fully saturated rings. The van der Waals surface area contributed by atoms with Crippen LogP contribution in [0.15, 0.2) is 24.3 Å². The average molecular weight is 244 g/mol. The normalized spacial score (nSPS) is 10.8. The molecule has 0 radical (unpaired) electrons. The Balaban J connectivity index is 2.38. The fourth-order valence-electron chi connectivity index (χ4n) is 1.69. The van der Waals surface area contributed by atoms with Crippen molar-refractivity contribution in [3.05, 3.63) is 35.4 Å². The first-order valence-electron chi connectivity index (χ1n) is 6.16. The molecule has 0 saturated carbocycles. The molecule has 3 heteroatoms. The summed E-state index contributed by atoms with van der Waals surface area (Å²) in [4.78, 5) is 11.6. The number of rotatable bonds is 4. The van der Waals surface area contributed by atoms with Gasteiger partial charge < -0.3 is 5.32 Å². The molecule has 1 aromatic rings. The second-order valence-corrected chi connectivity index (χ2v) is 5.65. The van der Waals surface area contributed by atoms with Crippen LogP contribution >= 0.6 is 0 Å². The van der Waals surface area contributed by atoms with Crippen LogP contribution in [0, 0.1) is 16.7 Å². The molecular formula is C15H20N2O. The highest BCUT2D eigenvalue weighted by Gasteiger charge is 2.15. The Morgan fingerprint density at radius 2 is 2.11 bits per heavy atom. The molecule has 0 bridgehead atoms. The molecule has 0 aliphatic rings. The minimum atomic E-state index is 0.0187. The molecule has 3 nitrogen and oxygen atoms in total. The van der Waals surface area contributed by atoms with Gasteiger partial charge in [-0.05, 0) is 29.5 Å². The third kappa shape index (κ3) is 5.49. The lowest BCUT2D eigenvalue weighted by atomic mass is 9.92. The van der Waals surface area contributed by atoms with E-state index in [9.17, 15) is 4.79 Å². The number of carbonyl (C=O) groups is 1. The fraction of sp³-hybridized carbons (Fsp3) is 0.467. The lowest BCUT2D eigenvalue weighted by Gasteiger charge is -2.17. The van der Waals surface area contributed by atoms with Gasteiger partial charge >= 0.3 is 0 Å². The Morgan fingerprint density at radius 1 is 1.39 bits per heavy atom. The molecule has 1 N–H and O–H groups in total. The molecule has 0 spiro atoms. The van der Waals surface area contributed by atoms with Crippen molar-refractivity contribution in [3.8, 4) is 6.07 Å². The average Bonchev–Trinajstić information content (AvgIpc) is 2.27. The van der Waals surface area contributed by atoms with Gasteiger partial charge in [0.2, 0.25) is 5.91 Å². The lowest BCUT2D eigenvalue weighted by molar-refractivity contribution is -0.122. The number of carbonyl (C=O) groups excluding carboxylic acids is 1. The number of hydrogen-bond donors (Lipinski definition) is 1. The summed E-state index contributed by atoms with van der Waals surface area (Å²) in [5.74, 6) is 0.0823. The topological polar surface area (TPSA) is 52.9 Å². The van der Waals surface area contributed by atoms with E-state index < -0.39 is 0 Å². The van der Waals surface area contributed by atoms with Gasteiger partial charge in [-0.15, -0.1) is 0 Å². The van der Waals surface area contributed by atoms with Crippen molar-refractivity contribution in [2.24, 2.45) is 5.41 Å². The summed E-state index contributed by atoms with van der Waals surface area (Å²) >= 11 is 0. The number of nitrogens with zero attached hydrogens (tertiary/aromatic N) is 1. The highest BCUT2D eigenvalue weighted by atomic mass is 16.1. The summed E-state index contributed by atoms with van der Waals surface area (Å²) in [6, 6.07) is 9.58. The minimum Gasteiger partial charge on any atom is -0.356 e. The molecule has 0 saturated heterocycles. The summed E-state index contributed by atoms with van der Waals surface area (Å²) in [5, 5.41) is 11.7. The summed E-state index contributed by atoms with van der Waals surface area (Å²) in [7, 11) is 0. The summed E-state index contributed by atoms with van der Waals surface area (Å²) in [5.41, 5.74) is 1.75. The van der Waals surface area contributed by atoms with E-state index in [0.29, 0.717) is 18.5 Å². The molecule has 1 rings (SSSR count). The van der Waals surface area contributed by atoms with Gasteiger partial charge in [-0.25, -0.2) is 0 Å². The predicted molar refractivity (Wildman–Crippen MR) is 71.9 cm³/mol. The van der Waals surface area contributed by atoms with Crippen molar-refractivity contribution in [2.45, 2.75) is 33.6 Å². The van der Waals surface area contributed by atoms with Crippen molar-refractivity contribution in [1.82, 2.24) is 5.32 Å². The van der Waals surface area contributed by atoms with Crippen molar-refractivity contribution < 1.29 is 4.79 Å². The van der Waals surface area contributed by atoms with Crippen LogP contribution in [0.4, 0.5) is 0 Å². The zero-order valence-corrected chi connectivity index (χ0v) is 11.3.